The third kappa shape index (κ3) is 4.07. The van der Waals surface area contributed by atoms with Crippen LogP contribution >= 0.6 is 22.6 Å². The predicted octanol–water partition coefficient (Wildman–Crippen LogP) is 5.09. The molecule has 0 amide bonds. The van der Waals surface area contributed by atoms with Crippen molar-refractivity contribution in [2.45, 2.75) is 13.8 Å². The summed E-state index contributed by atoms with van der Waals surface area (Å²) in [5.74, 6) is 0.277. The van der Waals surface area contributed by atoms with Gasteiger partial charge in [0.2, 0.25) is 11.6 Å². The van der Waals surface area contributed by atoms with Crippen LogP contribution in [0.1, 0.15) is 11.1 Å². The summed E-state index contributed by atoms with van der Waals surface area (Å²) < 4.78 is 1.07. The number of hydrogen-bond acceptors (Lipinski definition) is 6. The van der Waals surface area contributed by atoms with E-state index < -0.39 is 4.92 Å². The molecular formula is C18H16IN5O2. The standard InChI is InChI=1S/C18H16IN5O2/c1-11-3-6-15(9-12(11)2)23-18-16(24(25)26)17(20-10-21-18)22-14-7-4-13(19)5-8-14/h3-10H,1-2H3,(H2,20,21,22,23). The first-order chi connectivity index (χ1) is 12.4. The van der Waals surface area contributed by atoms with Crippen LogP contribution in [0.3, 0.4) is 0 Å². The lowest BCUT2D eigenvalue weighted by atomic mass is 10.1. The lowest BCUT2D eigenvalue weighted by molar-refractivity contribution is -0.383. The van der Waals surface area contributed by atoms with E-state index in [1.165, 1.54) is 6.33 Å². The molecule has 0 aliphatic heterocycles. The summed E-state index contributed by atoms with van der Waals surface area (Å²) in [4.78, 5) is 19.3. The number of anilines is 4. The number of aromatic nitrogens is 2. The second kappa shape index (κ2) is 7.65. The second-order valence-electron chi connectivity index (χ2n) is 5.73. The molecule has 0 saturated heterocycles. The molecule has 0 fully saturated rings. The molecule has 0 atom stereocenters. The number of nitro groups is 1. The maximum absolute atomic E-state index is 11.6. The van der Waals surface area contributed by atoms with Gasteiger partial charge in [-0.25, -0.2) is 9.97 Å². The largest absolute Gasteiger partial charge is 0.353 e. The highest BCUT2D eigenvalue weighted by atomic mass is 127. The molecule has 0 bridgehead atoms. The maximum Gasteiger partial charge on any atom is 0.353 e. The molecule has 0 unspecified atom stereocenters. The van der Waals surface area contributed by atoms with E-state index in [1.807, 2.05) is 56.3 Å². The monoisotopic (exact) mass is 461 g/mol. The van der Waals surface area contributed by atoms with E-state index in [-0.39, 0.29) is 17.3 Å². The first kappa shape index (κ1) is 18.1. The molecule has 3 aromatic rings. The summed E-state index contributed by atoms with van der Waals surface area (Å²) in [6.45, 7) is 3.99. The van der Waals surface area contributed by atoms with Gasteiger partial charge in [-0.15, -0.1) is 0 Å². The average Bonchev–Trinajstić information content (AvgIpc) is 2.60. The molecule has 3 rings (SSSR count). The van der Waals surface area contributed by atoms with Gasteiger partial charge in [0.25, 0.3) is 0 Å². The highest BCUT2D eigenvalue weighted by molar-refractivity contribution is 14.1. The van der Waals surface area contributed by atoms with Crippen molar-refractivity contribution in [1.29, 1.82) is 0 Å². The summed E-state index contributed by atoms with van der Waals surface area (Å²) in [7, 11) is 0. The predicted molar refractivity (Wildman–Crippen MR) is 110 cm³/mol. The van der Waals surface area contributed by atoms with Gasteiger partial charge in [-0.3, -0.25) is 10.1 Å². The topological polar surface area (TPSA) is 93.0 Å². The van der Waals surface area contributed by atoms with Crippen molar-refractivity contribution in [1.82, 2.24) is 9.97 Å². The molecule has 0 saturated carbocycles. The van der Waals surface area contributed by atoms with Crippen molar-refractivity contribution in [3.05, 3.63) is 73.6 Å². The van der Waals surface area contributed by atoms with Crippen LogP contribution in [0, 0.1) is 27.5 Å². The summed E-state index contributed by atoms with van der Waals surface area (Å²) >= 11 is 2.20. The highest BCUT2D eigenvalue weighted by Gasteiger charge is 2.23. The Labute approximate surface area is 164 Å². The number of hydrogen-bond donors (Lipinski definition) is 2. The van der Waals surface area contributed by atoms with E-state index in [0.717, 1.165) is 20.4 Å². The molecule has 8 heteroatoms. The average molecular weight is 461 g/mol. The van der Waals surface area contributed by atoms with Crippen molar-refractivity contribution in [3.63, 3.8) is 0 Å². The number of benzene rings is 2. The normalized spacial score (nSPS) is 10.4. The fourth-order valence-electron chi connectivity index (χ4n) is 2.36. The first-order valence-corrected chi connectivity index (χ1v) is 8.88. The Morgan fingerprint density at radius 3 is 2.08 bits per heavy atom. The first-order valence-electron chi connectivity index (χ1n) is 7.80. The minimum Gasteiger partial charge on any atom is -0.334 e. The quantitative estimate of drug-likeness (QED) is 0.312. The molecule has 132 valence electrons. The zero-order valence-corrected chi connectivity index (χ0v) is 16.3. The Bertz CT molecular complexity index is 960. The Hall–Kier alpha value is -2.75. The van der Waals surface area contributed by atoms with Crippen molar-refractivity contribution >= 4 is 51.3 Å². The Morgan fingerprint density at radius 2 is 1.50 bits per heavy atom. The van der Waals surface area contributed by atoms with Gasteiger partial charge < -0.3 is 10.6 Å². The summed E-state index contributed by atoms with van der Waals surface area (Å²) in [5, 5.41) is 17.7. The van der Waals surface area contributed by atoms with E-state index in [1.54, 1.807) is 0 Å². The van der Waals surface area contributed by atoms with Crippen LogP contribution in [0.4, 0.5) is 28.7 Å². The van der Waals surface area contributed by atoms with Crippen LogP contribution in [-0.2, 0) is 0 Å². The molecule has 0 aliphatic rings. The molecule has 1 aromatic heterocycles. The minimum atomic E-state index is -0.488. The van der Waals surface area contributed by atoms with Gasteiger partial charge in [0.05, 0.1) is 4.92 Å². The lowest BCUT2D eigenvalue weighted by Gasteiger charge is -2.11. The number of rotatable bonds is 5. The van der Waals surface area contributed by atoms with Gasteiger partial charge in [0, 0.05) is 14.9 Å². The summed E-state index contributed by atoms with van der Waals surface area (Å²) in [6.07, 6.45) is 1.30. The smallest absolute Gasteiger partial charge is 0.334 e. The molecule has 2 N–H and O–H groups in total. The van der Waals surface area contributed by atoms with Crippen LogP contribution in [0.15, 0.2) is 48.8 Å². The van der Waals surface area contributed by atoms with E-state index in [2.05, 4.69) is 43.2 Å². The van der Waals surface area contributed by atoms with Crippen LogP contribution in [0.5, 0.6) is 0 Å². The van der Waals surface area contributed by atoms with Gasteiger partial charge in [-0.2, -0.15) is 0 Å². The molecule has 26 heavy (non-hydrogen) atoms. The summed E-state index contributed by atoms with van der Waals surface area (Å²) in [6, 6.07) is 13.2. The molecule has 7 nitrogen and oxygen atoms in total. The molecule has 1 heterocycles. The Balaban J connectivity index is 1.96. The summed E-state index contributed by atoms with van der Waals surface area (Å²) in [5.41, 5.74) is 3.47. The Morgan fingerprint density at radius 1 is 0.923 bits per heavy atom. The zero-order chi connectivity index (χ0) is 18.7. The molecule has 0 spiro atoms. The fourth-order valence-corrected chi connectivity index (χ4v) is 2.72. The van der Waals surface area contributed by atoms with E-state index >= 15 is 0 Å². The maximum atomic E-state index is 11.6. The van der Waals surface area contributed by atoms with Crippen molar-refractivity contribution in [2.24, 2.45) is 0 Å². The minimum absolute atomic E-state index is 0.137. The highest BCUT2D eigenvalue weighted by Crippen LogP contribution is 2.33. The van der Waals surface area contributed by atoms with E-state index in [9.17, 15) is 10.1 Å². The number of nitrogens with zero attached hydrogens (tertiary/aromatic N) is 3. The third-order valence-corrected chi connectivity index (χ3v) is 4.60. The molecule has 0 aliphatic carbocycles. The van der Waals surface area contributed by atoms with Gasteiger partial charge in [-0.1, -0.05) is 6.07 Å². The molecular weight excluding hydrogens is 445 g/mol. The second-order valence-corrected chi connectivity index (χ2v) is 6.98. The van der Waals surface area contributed by atoms with Gasteiger partial charge in [-0.05, 0) is 84.0 Å². The Kier molecular flexibility index (Phi) is 5.31. The zero-order valence-electron chi connectivity index (χ0n) is 14.2. The molecule has 0 radical (unpaired) electrons. The number of halogens is 1. The number of aryl methyl sites for hydroxylation is 2. The van der Waals surface area contributed by atoms with Gasteiger partial charge in [0.15, 0.2) is 0 Å². The van der Waals surface area contributed by atoms with E-state index in [4.69, 9.17) is 0 Å². The lowest BCUT2D eigenvalue weighted by Crippen LogP contribution is -2.05. The van der Waals surface area contributed by atoms with Crippen LogP contribution < -0.4 is 10.6 Å². The number of nitrogens with one attached hydrogen (secondary N) is 2. The van der Waals surface area contributed by atoms with Crippen molar-refractivity contribution < 1.29 is 4.92 Å². The molecule has 2 aromatic carbocycles. The van der Waals surface area contributed by atoms with Gasteiger partial charge in [0.1, 0.15) is 6.33 Å². The van der Waals surface area contributed by atoms with Crippen LogP contribution in [-0.4, -0.2) is 14.9 Å². The van der Waals surface area contributed by atoms with E-state index in [0.29, 0.717) is 5.69 Å². The van der Waals surface area contributed by atoms with Gasteiger partial charge >= 0.3 is 5.69 Å². The van der Waals surface area contributed by atoms with Crippen molar-refractivity contribution in [3.8, 4) is 0 Å². The van der Waals surface area contributed by atoms with Crippen LogP contribution in [0.2, 0.25) is 0 Å². The third-order valence-electron chi connectivity index (χ3n) is 3.88. The van der Waals surface area contributed by atoms with Crippen LogP contribution in [0.25, 0.3) is 0 Å². The SMILES string of the molecule is Cc1ccc(Nc2ncnc(Nc3ccc(I)cc3)c2[N+](=O)[O-])cc1C. The van der Waals surface area contributed by atoms with Crippen molar-refractivity contribution in [2.75, 3.05) is 10.6 Å². The fraction of sp³-hybridized carbons (Fsp3) is 0.111.